The van der Waals surface area contributed by atoms with E-state index in [1.165, 1.54) is 12.8 Å². The van der Waals surface area contributed by atoms with Crippen molar-refractivity contribution < 1.29 is 9.59 Å². The first kappa shape index (κ1) is 14.0. The Kier molecular flexibility index (Phi) is 5.97. The van der Waals surface area contributed by atoms with Crippen molar-refractivity contribution in [3.8, 4) is 0 Å². The summed E-state index contributed by atoms with van der Waals surface area (Å²) in [6.45, 7) is 2.35. The fourth-order valence-corrected chi connectivity index (χ4v) is 2.02. The average Bonchev–Trinajstić information content (AvgIpc) is 2.81. The van der Waals surface area contributed by atoms with Crippen molar-refractivity contribution in [2.45, 2.75) is 51.1 Å². The first-order valence-electron chi connectivity index (χ1n) is 6.38. The van der Waals surface area contributed by atoms with E-state index in [0.29, 0.717) is 19.0 Å². The third-order valence-electron chi connectivity index (χ3n) is 3.18. The molecule has 98 valence electrons. The smallest absolute Gasteiger partial charge is 0.237 e. The lowest BCUT2D eigenvalue weighted by Gasteiger charge is -2.17. The molecule has 1 saturated carbocycles. The van der Waals surface area contributed by atoms with E-state index in [1.807, 2.05) is 6.92 Å². The molecular formula is C12H23N3O2. The van der Waals surface area contributed by atoms with Gasteiger partial charge in [0.25, 0.3) is 0 Å². The van der Waals surface area contributed by atoms with Crippen LogP contribution in [0.5, 0.6) is 0 Å². The molecule has 5 nitrogen and oxygen atoms in total. The molecule has 1 fully saturated rings. The molecule has 5 heteroatoms. The highest BCUT2D eigenvalue weighted by atomic mass is 16.2. The molecule has 3 N–H and O–H groups in total. The minimum Gasteiger partial charge on any atom is -0.359 e. The van der Waals surface area contributed by atoms with Gasteiger partial charge >= 0.3 is 0 Å². The molecule has 0 aromatic heterocycles. The van der Waals surface area contributed by atoms with E-state index in [9.17, 15) is 9.59 Å². The monoisotopic (exact) mass is 241 g/mol. The number of rotatable bonds is 6. The average molecular weight is 241 g/mol. The zero-order valence-corrected chi connectivity index (χ0v) is 10.7. The van der Waals surface area contributed by atoms with E-state index in [4.69, 9.17) is 0 Å². The number of carbonyl (C=O) groups is 2. The van der Waals surface area contributed by atoms with Crippen LogP contribution in [0.1, 0.15) is 39.0 Å². The van der Waals surface area contributed by atoms with Gasteiger partial charge in [0, 0.05) is 26.1 Å². The Morgan fingerprint density at radius 2 is 1.94 bits per heavy atom. The molecule has 1 aliphatic carbocycles. The molecule has 2 amide bonds. The summed E-state index contributed by atoms with van der Waals surface area (Å²) in [5.41, 5.74) is 0. The van der Waals surface area contributed by atoms with Crippen molar-refractivity contribution in [3.63, 3.8) is 0 Å². The van der Waals surface area contributed by atoms with Gasteiger partial charge in [-0.05, 0) is 19.8 Å². The van der Waals surface area contributed by atoms with Crippen LogP contribution in [0.4, 0.5) is 0 Å². The first-order valence-corrected chi connectivity index (χ1v) is 6.38. The molecule has 0 spiro atoms. The quantitative estimate of drug-likeness (QED) is 0.620. The molecule has 1 atom stereocenters. The molecule has 0 bridgehead atoms. The minimum atomic E-state index is -0.236. The van der Waals surface area contributed by atoms with Gasteiger partial charge in [-0.3, -0.25) is 9.59 Å². The van der Waals surface area contributed by atoms with E-state index in [-0.39, 0.29) is 17.9 Å². The number of amides is 2. The molecule has 1 rings (SSSR count). The lowest BCUT2D eigenvalue weighted by atomic mass is 10.2. The summed E-state index contributed by atoms with van der Waals surface area (Å²) in [7, 11) is 1.61. The van der Waals surface area contributed by atoms with Gasteiger partial charge in [-0.25, -0.2) is 0 Å². The Morgan fingerprint density at radius 3 is 2.53 bits per heavy atom. The first-order chi connectivity index (χ1) is 8.13. The zero-order chi connectivity index (χ0) is 12.7. The van der Waals surface area contributed by atoms with Crippen molar-refractivity contribution in [2.24, 2.45) is 0 Å². The lowest BCUT2D eigenvalue weighted by Crippen LogP contribution is -2.46. The van der Waals surface area contributed by atoms with Crippen molar-refractivity contribution in [1.82, 2.24) is 16.0 Å². The lowest BCUT2D eigenvalue weighted by molar-refractivity contribution is -0.124. The topological polar surface area (TPSA) is 70.2 Å². The maximum atomic E-state index is 11.8. The fraction of sp³-hybridized carbons (Fsp3) is 0.833. The molecule has 0 aliphatic heterocycles. The summed E-state index contributed by atoms with van der Waals surface area (Å²) in [5.74, 6) is 0.0229. The maximum absolute atomic E-state index is 11.8. The molecular weight excluding hydrogens is 218 g/mol. The normalized spacial score (nSPS) is 17.8. The molecule has 0 aromatic carbocycles. The molecule has 1 unspecified atom stereocenters. The van der Waals surface area contributed by atoms with Gasteiger partial charge in [0.2, 0.25) is 11.8 Å². The van der Waals surface area contributed by atoms with Crippen molar-refractivity contribution in [3.05, 3.63) is 0 Å². The third kappa shape index (κ3) is 5.17. The second-order valence-electron chi connectivity index (χ2n) is 4.59. The predicted molar refractivity (Wildman–Crippen MR) is 66.5 cm³/mol. The van der Waals surface area contributed by atoms with Gasteiger partial charge < -0.3 is 16.0 Å². The minimum absolute atomic E-state index is 0.0131. The SMILES string of the molecule is CNC(=O)CCNC(C)C(=O)NC1CCCC1. The molecule has 0 radical (unpaired) electrons. The van der Waals surface area contributed by atoms with E-state index >= 15 is 0 Å². The second kappa shape index (κ2) is 7.27. The van der Waals surface area contributed by atoms with Gasteiger partial charge in [-0.2, -0.15) is 0 Å². The third-order valence-corrected chi connectivity index (χ3v) is 3.18. The summed E-state index contributed by atoms with van der Waals surface area (Å²) in [5, 5.41) is 8.62. The van der Waals surface area contributed by atoms with Crippen molar-refractivity contribution >= 4 is 11.8 Å². The summed E-state index contributed by atoms with van der Waals surface area (Å²) < 4.78 is 0. The maximum Gasteiger partial charge on any atom is 0.237 e. The number of hydrogen-bond acceptors (Lipinski definition) is 3. The van der Waals surface area contributed by atoms with E-state index < -0.39 is 0 Å². The van der Waals surface area contributed by atoms with Gasteiger partial charge in [-0.1, -0.05) is 12.8 Å². The Labute approximate surface area is 103 Å². The van der Waals surface area contributed by atoms with E-state index in [2.05, 4.69) is 16.0 Å². The van der Waals surface area contributed by atoms with Crippen LogP contribution in [-0.4, -0.2) is 37.5 Å². The van der Waals surface area contributed by atoms with Crippen LogP contribution in [-0.2, 0) is 9.59 Å². The van der Waals surface area contributed by atoms with E-state index in [0.717, 1.165) is 12.8 Å². The molecule has 17 heavy (non-hydrogen) atoms. The van der Waals surface area contributed by atoms with Crippen LogP contribution in [0.3, 0.4) is 0 Å². The van der Waals surface area contributed by atoms with Crippen LogP contribution in [0.25, 0.3) is 0 Å². The number of carbonyl (C=O) groups excluding carboxylic acids is 2. The van der Waals surface area contributed by atoms with E-state index in [1.54, 1.807) is 7.05 Å². The van der Waals surface area contributed by atoms with Crippen molar-refractivity contribution in [2.75, 3.05) is 13.6 Å². The summed E-state index contributed by atoms with van der Waals surface area (Å²) in [6, 6.07) is 0.117. The number of nitrogens with one attached hydrogen (secondary N) is 3. The highest BCUT2D eigenvalue weighted by Crippen LogP contribution is 2.17. The zero-order valence-electron chi connectivity index (χ0n) is 10.7. The van der Waals surface area contributed by atoms with Crippen LogP contribution in [0.2, 0.25) is 0 Å². The summed E-state index contributed by atoms with van der Waals surface area (Å²) >= 11 is 0. The Bertz CT molecular complexity index is 262. The molecule has 1 aliphatic rings. The van der Waals surface area contributed by atoms with Crippen LogP contribution < -0.4 is 16.0 Å². The number of hydrogen-bond donors (Lipinski definition) is 3. The highest BCUT2D eigenvalue weighted by Gasteiger charge is 2.20. The van der Waals surface area contributed by atoms with Gasteiger partial charge in [0.05, 0.1) is 6.04 Å². The molecule has 0 aromatic rings. The fourth-order valence-electron chi connectivity index (χ4n) is 2.02. The van der Waals surface area contributed by atoms with Gasteiger partial charge in [0.15, 0.2) is 0 Å². The van der Waals surface area contributed by atoms with Crippen LogP contribution >= 0.6 is 0 Å². The molecule has 0 saturated heterocycles. The Hall–Kier alpha value is -1.10. The summed E-state index contributed by atoms with van der Waals surface area (Å²) in [6.07, 6.45) is 5.01. The predicted octanol–water partition coefficient (Wildman–Crippen LogP) is 0.159. The largest absolute Gasteiger partial charge is 0.359 e. The Balaban J connectivity index is 2.15. The van der Waals surface area contributed by atoms with Crippen molar-refractivity contribution in [1.29, 1.82) is 0 Å². The van der Waals surface area contributed by atoms with Crippen LogP contribution in [0, 0.1) is 0 Å². The molecule has 0 heterocycles. The standard InChI is InChI=1S/C12H23N3O2/c1-9(14-8-7-11(16)13-2)12(17)15-10-5-3-4-6-10/h9-10,14H,3-8H2,1-2H3,(H,13,16)(H,15,17). The van der Waals surface area contributed by atoms with Crippen LogP contribution in [0.15, 0.2) is 0 Å². The van der Waals surface area contributed by atoms with Gasteiger partial charge in [-0.15, -0.1) is 0 Å². The highest BCUT2D eigenvalue weighted by molar-refractivity contribution is 5.81. The second-order valence-corrected chi connectivity index (χ2v) is 4.59. The van der Waals surface area contributed by atoms with Gasteiger partial charge in [0.1, 0.15) is 0 Å². The summed E-state index contributed by atoms with van der Waals surface area (Å²) in [4.78, 5) is 22.8. The Morgan fingerprint density at radius 1 is 1.29 bits per heavy atom.